The van der Waals surface area contributed by atoms with Gasteiger partial charge >= 0.3 is 0 Å². The number of aliphatic hydroxyl groups excluding tert-OH is 1. The van der Waals surface area contributed by atoms with Gasteiger partial charge in [0.05, 0.1) is 0 Å². The van der Waals surface area contributed by atoms with Crippen LogP contribution in [-0.4, -0.2) is 19.9 Å². The molecule has 0 aliphatic rings. The van der Waals surface area contributed by atoms with E-state index >= 15 is 0 Å². The summed E-state index contributed by atoms with van der Waals surface area (Å²) in [6.07, 6.45) is 3.86. The van der Waals surface area contributed by atoms with Gasteiger partial charge in [0.1, 0.15) is 12.9 Å². The van der Waals surface area contributed by atoms with Crippen LogP contribution in [0.4, 0.5) is 0 Å². The summed E-state index contributed by atoms with van der Waals surface area (Å²) in [6.45, 7) is 5.18. The van der Waals surface area contributed by atoms with Crippen molar-refractivity contribution < 1.29 is 5.11 Å². The number of aromatic nitrogens is 3. The molecule has 1 N–H and O–H groups in total. The third-order valence-corrected chi connectivity index (χ3v) is 2.10. The van der Waals surface area contributed by atoms with Gasteiger partial charge in [0.25, 0.3) is 0 Å². The van der Waals surface area contributed by atoms with Gasteiger partial charge < -0.3 is 5.11 Å². The summed E-state index contributed by atoms with van der Waals surface area (Å²) < 4.78 is 1.78. The van der Waals surface area contributed by atoms with Crippen molar-refractivity contribution >= 4 is 0 Å². The minimum Gasteiger partial charge on any atom is -0.388 e. The third-order valence-electron chi connectivity index (χ3n) is 2.10. The van der Waals surface area contributed by atoms with Gasteiger partial charge in [-0.2, -0.15) is 5.10 Å². The molecule has 0 fully saturated rings. The Bertz CT molecular complexity index is 247. The molecular formula is C9H17N3O. The highest BCUT2D eigenvalue weighted by molar-refractivity contribution is 4.81. The molecule has 1 aromatic heterocycles. The summed E-state index contributed by atoms with van der Waals surface area (Å²) in [5, 5.41) is 13.0. The summed E-state index contributed by atoms with van der Waals surface area (Å²) in [6, 6.07) is 0. The van der Waals surface area contributed by atoms with Crippen LogP contribution in [0.2, 0.25) is 0 Å². The monoisotopic (exact) mass is 183 g/mol. The average Bonchev–Trinajstić information content (AvgIpc) is 2.52. The van der Waals surface area contributed by atoms with Crippen molar-refractivity contribution in [3.05, 3.63) is 12.2 Å². The predicted octanol–water partition coefficient (Wildman–Crippen LogP) is 1.21. The lowest BCUT2D eigenvalue weighted by molar-refractivity contribution is 0.257. The number of nitrogens with zero attached hydrogens (tertiary/aromatic N) is 3. The molecule has 0 aromatic carbocycles. The first-order chi connectivity index (χ1) is 6.27. The maximum atomic E-state index is 8.93. The van der Waals surface area contributed by atoms with Crippen molar-refractivity contribution in [2.75, 3.05) is 0 Å². The van der Waals surface area contributed by atoms with Crippen LogP contribution < -0.4 is 0 Å². The highest BCUT2D eigenvalue weighted by Gasteiger charge is 2.06. The molecular weight excluding hydrogens is 166 g/mol. The molecule has 0 spiro atoms. The molecule has 0 radical (unpaired) electrons. The summed E-state index contributed by atoms with van der Waals surface area (Å²) in [7, 11) is 0. The van der Waals surface area contributed by atoms with Crippen molar-refractivity contribution in [3.63, 3.8) is 0 Å². The lowest BCUT2D eigenvalue weighted by atomic mass is 10.1. The minimum absolute atomic E-state index is 0.0289. The molecule has 0 aliphatic carbocycles. The number of rotatable bonds is 5. The Labute approximate surface area is 78.6 Å². The quantitative estimate of drug-likeness (QED) is 0.746. The van der Waals surface area contributed by atoms with Gasteiger partial charge in [-0.15, -0.1) is 0 Å². The molecule has 4 nitrogen and oxygen atoms in total. The van der Waals surface area contributed by atoms with E-state index in [0.29, 0.717) is 11.7 Å². The normalized spacial score (nSPS) is 13.2. The average molecular weight is 183 g/mol. The van der Waals surface area contributed by atoms with E-state index in [4.69, 9.17) is 5.11 Å². The van der Waals surface area contributed by atoms with Gasteiger partial charge in [-0.1, -0.05) is 20.3 Å². The van der Waals surface area contributed by atoms with E-state index in [1.807, 2.05) is 0 Å². The fraction of sp³-hybridized carbons (Fsp3) is 0.778. The standard InChI is InChI=1S/C9H17N3O/c1-3-4-8(2)5-12-9(6-13)10-7-11-12/h7-8,13H,3-6H2,1-2H3. The maximum Gasteiger partial charge on any atom is 0.152 e. The van der Waals surface area contributed by atoms with Crippen molar-refractivity contribution in [2.24, 2.45) is 5.92 Å². The second-order valence-electron chi connectivity index (χ2n) is 3.41. The Morgan fingerprint density at radius 1 is 1.62 bits per heavy atom. The van der Waals surface area contributed by atoms with Crippen LogP contribution in [0.15, 0.2) is 6.33 Å². The molecule has 13 heavy (non-hydrogen) atoms. The van der Waals surface area contributed by atoms with Gasteiger partial charge in [0, 0.05) is 6.54 Å². The fourth-order valence-electron chi connectivity index (χ4n) is 1.44. The molecule has 0 amide bonds. The molecule has 1 heterocycles. The number of hydrogen-bond donors (Lipinski definition) is 1. The lowest BCUT2D eigenvalue weighted by Crippen LogP contribution is -2.12. The van der Waals surface area contributed by atoms with Gasteiger partial charge in [0.2, 0.25) is 0 Å². The first kappa shape index (κ1) is 10.2. The molecule has 1 aromatic rings. The summed E-state index contributed by atoms with van der Waals surface area (Å²) in [4.78, 5) is 3.95. The van der Waals surface area contributed by atoms with E-state index in [2.05, 4.69) is 23.9 Å². The van der Waals surface area contributed by atoms with Crippen LogP contribution in [0.3, 0.4) is 0 Å². The largest absolute Gasteiger partial charge is 0.388 e. The molecule has 0 bridgehead atoms. The number of hydrogen-bond acceptors (Lipinski definition) is 3. The first-order valence-electron chi connectivity index (χ1n) is 4.75. The SMILES string of the molecule is CCCC(C)Cn1ncnc1CO. The van der Waals surface area contributed by atoms with Crippen LogP contribution in [0.25, 0.3) is 0 Å². The van der Waals surface area contributed by atoms with Crippen LogP contribution in [0.1, 0.15) is 32.5 Å². The topological polar surface area (TPSA) is 50.9 Å². The van der Waals surface area contributed by atoms with E-state index in [1.165, 1.54) is 19.2 Å². The molecule has 74 valence electrons. The van der Waals surface area contributed by atoms with Crippen molar-refractivity contribution in [2.45, 2.75) is 39.8 Å². The van der Waals surface area contributed by atoms with Gasteiger partial charge in [-0.05, 0) is 12.3 Å². The molecule has 1 rings (SSSR count). The Hall–Kier alpha value is -0.900. The van der Waals surface area contributed by atoms with E-state index in [-0.39, 0.29) is 6.61 Å². The van der Waals surface area contributed by atoms with Crippen molar-refractivity contribution in [3.8, 4) is 0 Å². The van der Waals surface area contributed by atoms with E-state index < -0.39 is 0 Å². The van der Waals surface area contributed by atoms with Gasteiger partial charge in [0.15, 0.2) is 5.82 Å². The zero-order valence-electron chi connectivity index (χ0n) is 8.27. The third kappa shape index (κ3) is 2.81. The summed E-state index contributed by atoms with van der Waals surface area (Å²) in [5.74, 6) is 1.25. The second-order valence-corrected chi connectivity index (χ2v) is 3.41. The van der Waals surface area contributed by atoms with Crippen LogP contribution >= 0.6 is 0 Å². The van der Waals surface area contributed by atoms with E-state index in [1.54, 1.807) is 4.68 Å². The van der Waals surface area contributed by atoms with Gasteiger partial charge in [-0.25, -0.2) is 9.67 Å². The molecule has 1 atom stereocenters. The fourth-order valence-corrected chi connectivity index (χ4v) is 1.44. The van der Waals surface area contributed by atoms with Crippen molar-refractivity contribution in [1.29, 1.82) is 0 Å². The van der Waals surface area contributed by atoms with Crippen LogP contribution in [-0.2, 0) is 13.2 Å². The zero-order chi connectivity index (χ0) is 9.68. The highest BCUT2D eigenvalue weighted by Crippen LogP contribution is 2.08. The smallest absolute Gasteiger partial charge is 0.152 e. The Morgan fingerprint density at radius 2 is 2.38 bits per heavy atom. The number of aliphatic hydroxyl groups is 1. The summed E-state index contributed by atoms with van der Waals surface area (Å²) >= 11 is 0. The van der Waals surface area contributed by atoms with Gasteiger partial charge in [-0.3, -0.25) is 0 Å². The zero-order valence-corrected chi connectivity index (χ0v) is 8.27. The summed E-state index contributed by atoms with van der Waals surface area (Å²) in [5.41, 5.74) is 0. The Morgan fingerprint density at radius 3 is 3.00 bits per heavy atom. The molecule has 0 saturated carbocycles. The van der Waals surface area contributed by atoms with E-state index in [0.717, 1.165) is 6.54 Å². The minimum atomic E-state index is -0.0289. The Balaban J connectivity index is 2.52. The maximum absolute atomic E-state index is 8.93. The molecule has 4 heteroatoms. The van der Waals surface area contributed by atoms with Crippen molar-refractivity contribution in [1.82, 2.24) is 14.8 Å². The Kier molecular flexibility index (Phi) is 3.89. The van der Waals surface area contributed by atoms with Crippen LogP contribution in [0.5, 0.6) is 0 Å². The van der Waals surface area contributed by atoms with Crippen LogP contribution in [0, 0.1) is 5.92 Å². The first-order valence-corrected chi connectivity index (χ1v) is 4.75. The molecule has 0 saturated heterocycles. The van der Waals surface area contributed by atoms with E-state index in [9.17, 15) is 0 Å². The molecule has 0 aliphatic heterocycles. The lowest BCUT2D eigenvalue weighted by Gasteiger charge is -2.10. The second kappa shape index (κ2) is 4.97. The molecule has 1 unspecified atom stereocenters. The predicted molar refractivity (Wildman–Crippen MR) is 50.0 cm³/mol. The highest BCUT2D eigenvalue weighted by atomic mass is 16.3.